The summed E-state index contributed by atoms with van der Waals surface area (Å²) in [7, 11) is 1.91. The highest BCUT2D eigenvalue weighted by molar-refractivity contribution is 8.13. The van der Waals surface area contributed by atoms with Crippen LogP contribution in [0.25, 0.3) is 0 Å². The number of carbonyl (C=O) groups is 1. The molecule has 0 unspecified atom stereocenters. The number of fused-ring (bicyclic) bond motifs is 1. The molecule has 6 heteroatoms. The summed E-state index contributed by atoms with van der Waals surface area (Å²) in [5, 5.41) is 5.68. The quantitative estimate of drug-likeness (QED) is 0.912. The zero-order chi connectivity index (χ0) is 15.5. The van der Waals surface area contributed by atoms with Gasteiger partial charge in [-0.3, -0.25) is 4.79 Å². The fourth-order valence-corrected chi connectivity index (χ4v) is 3.17. The van der Waals surface area contributed by atoms with Crippen LogP contribution in [-0.4, -0.2) is 18.1 Å². The molecule has 0 saturated carbocycles. The number of hydrogen-bond acceptors (Lipinski definition) is 4. The first-order valence-corrected chi connectivity index (χ1v) is 8.09. The molecule has 1 aliphatic heterocycles. The molecule has 1 heterocycles. The molecule has 0 spiro atoms. The molecule has 3 rings (SSSR count). The van der Waals surface area contributed by atoms with Crippen LogP contribution in [0.2, 0.25) is 5.02 Å². The van der Waals surface area contributed by atoms with Gasteiger partial charge in [0, 0.05) is 17.8 Å². The molecule has 22 heavy (non-hydrogen) atoms. The molecule has 0 atom stereocenters. The predicted octanol–water partition coefficient (Wildman–Crippen LogP) is 3.72. The van der Waals surface area contributed by atoms with E-state index in [1.54, 1.807) is 17.8 Å². The van der Waals surface area contributed by atoms with Gasteiger partial charge in [0.15, 0.2) is 5.17 Å². The maximum atomic E-state index is 12.0. The molecule has 0 aliphatic carbocycles. The van der Waals surface area contributed by atoms with Crippen molar-refractivity contribution in [2.75, 3.05) is 11.9 Å². The zero-order valence-electron chi connectivity index (χ0n) is 11.9. The van der Waals surface area contributed by atoms with Crippen molar-refractivity contribution in [2.45, 2.75) is 5.75 Å². The number of nitrogens with zero attached hydrogens (tertiary/aromatic N) is 2. The second-order valence-electron chi connectivity index (χ2n) is 4.83. The summed E-state index contributed by atoms with van der Waals surface area (Å²) in [6.45, 7) is 0. The Morgan fingerprint density at radius 2 is 1.91 bits per heavy atom. The lowest BCUT2D eigenvalue weighted by molar-refractivity contribution is 0.0956. The van der Waals surface area contributed by atoms with Crippen LogP contribution in [0.3, 0.4) is 0 Å². The Bertz CT molecular complexity index is 730. The summed E-state index contributed by atoms with van der Waals surface area (Å²) in [5.74, 6) is 0.558. The second kappa shape index (κ2) is 6.42. The molecule has 2 aromatic carbocycles. The van der Waals surface area contributed by atoms with E-state index >= 15 is 0 Å². The number of benzene rings is 2. The molecule has 0 radical (unpaired) electrons. The van der Waals surface area contributed by atoms with E-state index in [-0.39, 0.29) is 5.91 Å². The van der Waals surface area contributed by atoms with E-state index in [1.165, 1.54) is 0 Å². The highest BCUT2D eigenvalue weighted by Gasteiger charge is 2.21. The summed E-state index contributed by atoms with van der Waals surface area (Å²) >= 11 is 7.45. The lowest BCUT2D eigenvalue weighted by Gasteiger charge is -2.19. The molecule has 112 valence electrons. The Morgan fingerprint density at radius 1 is 1.18 bits per heavy atom. The van der Waals surface area contributed by atoms with Crippen molar-refractivity contribution in [2.24, 2.45) is 5.10 Å². The zero-order valence-corrected chi connectivity index (χ0v) is 13.5. The van der Waals surface area contributed by atoms with Crippen LogP contribution in [0.5, 0.6) is 0 Å². The Labute approximate surface area is 138 Å². The molecule has 0 saturated heterocycles. The SMILES string of the molecule is CN1C(SCc2ccc(Cl)cc2)=NNC(=O)c2ccccc21. The molecule has 0 aromatic heterocycles. The number of halogens is 1. The van der Waals surface area contributed by atoms with Crippen molar-refractivity contribution in [1.29, 1.82) is 0 Å². The van der Waals surface area contributed by atoms with Crippen molar-refractivity contribution in [3.8, 4) is 0 Å². The first-order chi connectivity index (χ1) is 10.6. The van der Waals surface area contributed by atoms with E-state index in [2.05, 4.69) is 10.5 Å². The van der Waals surface area contributed by atoms with Gasteiger partial charge in [-0.25, -0.2) is 5.43 Å². The number of nitrogens with one attached hydrogen (secondary N) is 1. The van der Waals surface area contributed by atoms with Crippen molar-refractivity contribution < 1.29 is 4.79 Å². The number of amidine groups is 1. The van der Waals surface area contributed by atoms with E-state index in [9.17, 15) is 4.79 Å². The smallest absolute Gasteiger partial charge is 0.273 e. The molecule has 4 nitrogen and oxygen atoms in total. The van der Waals surface area contributed by atoms with Crippen LogP contribution in [0.4, 0.5) is 5.69 Å². The first-order valence-electron chi connectivity index (χ1n) is 6.73. The molecule has 1 amide bonds. The Balaban J connectivity index is 1.79. The molecule has 0 fully saturated rings. The van der Waals surface area contributed by atoms with E-state index in [4.69, 9.17) is 11.6 Å². The van der Waals surface area contributed by atoms with Gasteiger partial charge < -0.3 is 4.90 Å². The fraction of sp³-hybridized carbons (Fsp3) is 0.125. The van der Waals surface area contributed by atoms with Gasteiger partial charge in [-0.15, -0.1) is 5.10 Å². The Kier molecular flexibility index (Phi) is 4.36. The summed E-state index contributed by atoms with van der Waals surface area (Å²) in [5.41, 5.74) is 5.21. The molecule has 0 bridgehead atoms. The highest BCUT2D eigenvalue weighted by atomic mass is 35.5. The van der Waals surface area contributed by atoms with Crippen LogP contribution in [0, 0.1) is 0 Å². The van der Waals surface area contributed by atoms with Crippen LogP contribution in [0.15, 0.2) is 53.6 Å². The van der Waals surface area contributed by atoms with E-state index in [0.29, 0.717) is 5.56 Å². The minimum absolute atomic E-state index is 0.190. The predicted molar refractivity (Wildman–Crippen MR) is 92.5 cm³/mol. The van der Waals surface area contributed by atoms with Crippen molar-refractivity contribution in [1.82, 2.24) is 5.43 Å². The van der Waals surface area contributed by atoms with Crippen molar-refractivity contribution in [3.05, 3.63) is 64.7 Å². The molecule has 1 aliphatic rings. The van der Waals surface area contributed by atoms with Crippen LogP contribution < -0.4 is 10.3 Å². The number of amides is 1. The van der Waals surface area contributed by atoms with Gasteiger partial charge in [0.25, 0.3) is 5.91 Å². The average Bonchev–Trinajstić information content (AvgIpc) is 2.66. The van der Waals surface area contributed by atoms with Crippen LogP contribution in [0.1, 0.15) is 15.9 Å². The number of para-hydroxylation sites is 1. The Morgan fingerprint density at radius 3 is 2.68 bits per heavy atom. The van der Waals surface area contributed by atoms with Gasteiger partial charge in [-0.05, 0) is 29.8 Å². The van der Waals surface area contributed by atoms with Crippen molar-refractivity contribution in [3.63, 3.8) is 0 Å². The largest absolute Gasteiger partial charge is 0.322 e. The lowest BCUT2D eigenvalue weighted by atomic mass is 10.1. The van der Waals surface area contributed by atoms with Crippen molar-refractivity contribution >= 4 is 40.1 Å². The second-order valence-corrected chi connectivity index (χ2v) is 6.21. The summed E-state index contributed by atoms with van der Waals surface area (Å²) in [6.07, 6.45) is 0. The third-order valence-corrected chi connectivity index (χ3v) is 4.68. The minimum atomic E-state index is -0.190. The maximum absolute atomic E-state index is 12.0. The standard InChI is InChI=1S/C16H14ClN3OS/c1-20-14-5-3-2-4-13(14)15(21)18-19-16(20)22-10-11-6-8-12(17)9-7-11/h2-9H,10H2,1H3,(H,18,21). The Hall–Kier alpha value is -1.98. The molecule has 1 N–H and O–H groups in total. The molecular formula is C16H14ClN3OS. The van der Waals surface area contributed by atoms with Gasteiger partial charge in [0.1, 0.15) is 0 Å². The monoisotopic (exact) mass is 331 g/mol. The van der Waals surface area contributed by atoms with Gasteiger partial charge in [-0.1, -0.05) is 47.6 Å². The lowest BCUT2D eigenvalue weighted by Crippen LogP contribution is -2.24. The number of anilines is 1. The van der Waals surface area contributed by atoms with Gasteiger partial charge in [-0.2, -0.15) is 0 Å². The van der Waals surface area contributed by atoms with Gasteiger partial charge in [0.05, 0.1) is 11.3 Å². The number of hydrazone groups is 1. The number of hydrogen-bond donors (Lipinski definition) is 1. The average molecular weight is 332 g/mol. The minimum Gasteiger partial charge on any atom is -0.322 e. The van der Waals surface area contributed by atoms with Crippen LogP contribution in [-0.2, 0) is 5.75 Å². The van der Waals surface area contributed by atoms with E-state index in [0.717, 1.165) is 27.2 Å². The molecular weight excluding hydrogens is 318 g/mol. The maximum Gasteiger partial charge on any atom is 0.273 e. The number of carbonyl (C=O) groups excluding carboxylic acids is 1. The normalized spacial score (nSPS) is 14.0. The van der Waals surface area contributed by atoms with Gasteiger partial charge >= 0.3 is 0 Å². The van der Waals surface area contributed by atoms with E-state index in [1.807, 2.05) is 54.4 Å². The first kappa shape index (κ1) is 14.9. The van der Waals surface area contributed by atoms with Crippen LogP contribution >= 0.6 is 23.4 Å². The van der Waals surface area contributed by atoms with Gasteiger partial charge in [0.2, 0.25) is 0 Å². The van der Waals surface area contributed by atoms with E-state index < -0.39 is 0 Å². The highest BCUT2D eigenvalue weighted by Crippen LogP contribution is 2.26. The summed E-state index contributed by atoms with van der Waals surface area (Å²) in [4.78, 5) is 14.0. The summed E-state index contributed by atoms with van der Waals surface area (Å²) in [6, 6.07) is 15.2. The number of thioether (sulfide) groups is 1. The third-order valence-electron chi connectivity index (χ3n) is 3.33. The molecule has 2 aromatic rings. The third kappa shape index (κ3) is 3.10. The summed E-state index contributed by atoms with van der Waals surface area (Å²) < 4.78 is 0. The number of rotatable bonds is 2. The topological polar surface area (TPSA) is 44.7 Å². The fourth-order valence-electron chi connectivity index (χ4n) is 2.15.